The van der Waals surface area contributed by atoms with Crippen LogP contribution in [0.5, 0.6) is 0 Å². The van der Waals surface area contributed by atoms with Crippen LogP contribution in [0, 0.1) is 5.92 Å². The predicted octanol–water partition coefficient (Wildman–Crippen LogP) is 1.81. The van der Waals surface area contributed by atoms with E-state index >= 15 is 0 Å². The molecule has 0 radical (unpaired) electrons. The van der Waals surface area contributed by atoms with Gasteiger partial charge in [0.1, 0.15) is 0 Å². The van der Waals surface area contributed by atoms with Gasteiger partial charge in [-0.3, -0.25) is 0 Å². The molecule has 11 heavy (non-hydrogen) atoms. The molecular formula is C9H17NW. The molecule has 1 fully saturated rings. The summed E-state index contributed by atoms with van der Waals surface area (Å²) in [4.78, 5) is 2.55. The van der Waals surface area contributed by atoms with Crippen molar-refractivity contribution < 1.29 is 19.4 Å². The second-order valence-electron chi connectivity index (χ2n) is 3.41. The monoisotopic (exact) mass is 323 g/mol. The summed E-state index contributed by atoms with van der Waals surface area (Å²) >= 11 is 1.64. The first kappa shape index (κ1) is 9.61. The van der Waals surface area contributed by atoms with Crippen molar-refractivity contribution in [1.29, 1.82) is 0 Å². The Kier molecular flexibility index (Phi) is 3.95. The van der Waals surface area contributed by atoms with Gasteiger partial charge in [-0.1, -0.05) is 0 Å². The van der Waals surface area contributed by atoms with Crippen molar-refractivity contribution in [3.05, 3.63) is 0 Å². The van der Waals surface area contributed by atoms with E-state index in [9.17, 15) is 0 Å². The quantitative estimate of drug-likeness (QED) is 0.766. The minimum absolute atomic E-state index is 0.995. The molecule has 1 unspecified atom stereocenters. The Bertz CT molecular complexity index is 144. The SMILES string of the molecule is CCCC1CCN([C](C)=[W])C1. The molecule has 0 aromatic heterocycles. The van der Waals surface area contributed by atoms with E-state index in [0.717, 1.165) is 5.92 Å². The molecule has 1 heterocycles. The van der Waals surface area contributed by atoms with Gasteiger partial charge in [-0.2, -0.15) is 0 Å². The molecule has 0 bridgehead atoms. The van der Waals surface area contributed by atoms with Gasteiger partial charge < -0.3 is 0 Å². The molecule has 64 valence electrons. The summed E-state index contributed by atoms with van der Waals surface area (Å²) in [7, 11) is 0. The Morgan fingerprint density at radius 1 is 1.64 bits per heavy atom. The van der Waals surface area contributed by atoms with Crippen LogP contribution in [0.4, 0.5) is 0 Å². The van der Waals surface area contributed by atoms with Crippen LogP contribution in [0.3, 0.4) is 0 Å². The molecule has 0 spiro atoms. The van der Waals surface area contributed by atoms with Gasteiger partial charge in [0, 0.05) is 0 Å². The zero-order chi connectivity index (χ0) is 8.27. The van der Waals surface area contributed by atoms with Crippen LogP contribution in [0.2, 0.25) is 0 Å². The second kappa shape index (κ2) is 4.52. The Morgan fingerprint density at radius 3 is 2.82 bits per heavy atom. The van der Waals surface area contributed by atoms with Crippen molar-refractivity contribution >= 4 is 4.02 Å². The van der Waals surface area contributed by atoms with Crippen LogP contribution in [-0.2, 0) is 19.4 Å². The summed E-state index contributed by atoms with van der Waals surface area (Å²) in [5, 5.41) is 0. The van der Waals surface area contributed by atoms with Crippen molar-refractivity contribution in [2.75, 3.05) is 13.1 Å². The first-order valence-electron chi connectivity index (χ1n) is 4.49. The van der Waals surface area contributed by atoms with Gasteiger partial charge in [0.25, 0.3) is 0 Å². The van der Waals surface area contributed by atoms with Crippen molar-refractivity contribution in [1.82, 2.24) is 4.90 Å². The van der Waals surface area contributed by atoms with Gasteiger partial charge in [0.05, 0.1) is 0 Å². The molecule has 1 aliphatic rings. The van der Waals surface area contributed by atoms with E-state index in [1.807, 2.05) is 0 Å². The van der Waals surface area contributed by atoms with Gasteiger partial charge in [-0.05, 0) is 0 Å². The van der Waals surface area contributed by atoms with Crippen molar-refractivity contribution in [2.45, 2.75) is 33.1 Å². The molecule has 1 aliphatic heterocycles. The third-order valence-corrected chi connectivity index (χ3v) is 3.36. The molecule has 1 saturated heterocycles. The van der Waals surface area contributed by atoms with E-state index in [-0.39, 0.29) is 0 Å². The summed E-state index contributed by atoms with van der Waals surface area (Å²) in [6.07, 6.45) is 4.21. The average molecular weight is 323 g/mol. The molecule has 0 saturated carbocycles. The van der Waals surface area contributed by atoms with Crippen LogP contribution in [0.1, 0.15) is 33.1 Å². The zero-order valence-corrected chi connectivity index (χ0v) is 10.4. The minimum atomic E-state index is 0.995. The molecule has 0 aromatic rings. The first-order chi connectivity index (χ1) is 5.24. The Morgan fingerprint density at radius 2 is 2.36 bits per heavy atom. The summed E-state index contributed by atoms with van der Waals surface area (Å²) < 4.78 is 1.57. The molecule has 1 atom stereocenters. The molecule has 0 amide bonds. The first-order valence-corrected chi connectivity index (χ1v) is 5.96. The summed E-state index contributed by atoms with van der Waals surface area (Å²) in [5.41, 5.74) is 0. The molecule has 1 rings (SSSR count). The van der Waals surface area contributed by atoms with Gasteiger partial charge in [0.2, 0.25) is 0 Å². The fraction of sp³-hybridized carbons (Fsp3) is 0.889. The normalized spacial score (nSPS) is 25.8. The van der Waals surface area contributed by atoms with E-state index in [1.54, 1.807) is 23.4 Å². The maximum atomic E-state index is 2.55. The number of hydrogen-bond acceptors (Lipinski definition) is 1. The van der Waals surface area contributed by atoms with E-state index in [1.165, 1.54) is 32.4 Å². The average Bonchev–Trinajstić information content (AvgIpc) is 2.37. The Labute approximate surface area is 80.6 Å². The topological polar surface area (TPSA) is 3.24 Å². The van der Waals surface area contributed by atoms with Gasteiger partial charge in [-0.25, -0.2) is 0 Å². The third kappa shape index (κ3) is 2.80. The second-order valence-corrected chi connectivity index (χ2v) is 5.53. The maximum absolute atomic E-state index is 2.55. The van der Waals surface area contributed by atoms with Gasteiger partial charge >= 0.3 is 80.4 Å². The number of rotatable bonds is 3. The van der Waals surface area contributed by atoms with E-state index < -0.39 is 0 Å². The standard InChI is InChI=1S/C9H17N.W/c1-3-5-9-6-7-10(4-2)8-9;/h9H,3,5-8H2,1-2H3;. The van der Waals surface area contributed by atoms with Crippen molar-refractivity contribution in [3.63, 3.8) is 0 Å². The van der Waals surface area contributed by atoms with Crippen LogP contribution in [0.15, 0.2) is 0 Å². The molecule has 1 nitrogen and oxygen atoms in total. The van der Waals surface area contributed by atoms with Gasteiger partial charge in [-0.15, -0.1) is 0 Å². The van der Waals surface area contributed by atoms with E-state index in [0.29, 0.717) is 0 Å². The third-order valence-electron chi connectivity index (χ3n) is 2.43. The van der Waals surface area contributed by atoms with Crippen molar-refractivity contribution in [3.8, 4) is 0 Å². The summed E-state index contributed by atoms with van der Waals surface area (Å²) in [6.45, 7) is 7.20. The molecule has 2 heteroatoms. The van der Waals surface area contributed by atoms with Crippen LogP contribution >= 0.6 is 0 Å². The van der Waals surface area contributed by atoms with Crippen LogP contribution in [-0.4, -0.2) is 22.0 Å². The van der Waals surface area contributed by atoms with Crippen LogP contribution in [0.25, 0.3) is 0 Å². The van der Waals surface area contributed by atoms with Crippen molar-refractivity contribution in [2.24, 2.45) is 5.92 Å². The molecule has 0 aromatic carbocycles. The predicted molar refractivity (Wildman–Crippen MR) is 45.3 cm³/mol. The molecule has 0 N–H and O–H groups in total. The number of likely N-dealkylation sites (tertiary alicyclic amines) is 1. The molecule has 0 aliphatic carbocycles. The Hall–Kier alpha value is 0.518. The molecular weight excluding hydrogens is 306 g/mol. The number of hydrogen-bond donors (Lipinski definition) is 0. The summed E-state index contributed by atoms with van der Waals surface area (Å²) in [5.74, 6) is 0.995. The summed E-state index contributed by atoms with van der Waals surface area (Å²) in [6, 6.07) is 0. The fourth-order valence-corrected chi connectivity index (χ4v) is 2.36. The Balaban J connectivity index is 2.29. The fourth-order valence-electron chi connectivity index (χ4n) is 1.76. The van der Waals surface area contributed by atoms with E-state index in [2.05, 4.69) is 18.7 Å². The van der Waals surface area contributed by atoms with Crippen LogP contribution < -0.4 is 0 Å². The number of nitrogens with zero attached hydrogens (tertiary/aromatic N) is 1. The van der Waals surface area contributed by atoms with E-state index in [4.69, 9.17) is 0 Å². The van der Waals surface area contributed by atoms with Gasteiger partial charge in [0.15, 0.2) is 0 Å². The zero-order valence-electron chi connectivity index (χ0n) is 7.47.